The van der Waals surface area contributed by atoms with Gasteiger partial charge in [-0.2, -0.15) is 0 Å². The van der Waals surface area contributed by atoms with Crippen molar-refractivity contribution in [2.24, 2.45) is 4.99 Å². The molecule has 0 atom stereocenters. The highest BCUT2D eigenvalue weighted by atomic mass is 16.5. The van der Waals surface area contributed by atoms with Gasteiger partial charge in [0.15, 0.2) is 5.96 Å². The molecule has 0 spiro atoms. The molecule has 2 aromatic rings. The molecule has 2 rings (SSSR count). The summed E-state index contributed by atoms with van der Waals surface area (Å²) in [5.74, 6) is 2.30. The van der Waals surface area contributed by atoms with Crippen molar-refractivity contribution < 1.29 is 4.74 Å². The Hall–Kier alpha value is -2.56. The summed E-state index contributed by atoms with van der Waals surface area (Å²) >= 11 is 0. The van der Waals surface area contributed by atoms with E-state index in [2.05, 4.69) is 29.9 Å². The van der Waals surface area contributed by atoms with Gasteiger partial charge in [0.05, 0.1) is 6.54 Å². The van der Waals surface area contributed by atoms with Gasteiger partial charge >= 0.3 is 0 Å². The zero-order valence-corrected chi connectivity index (χ0v) is 15.4. The fourth-order valence-corrected chi connectivity index (χ4v) is 2.35. The lowest BCUT2D eigenvalue weighted by Crippen LogP contribution is -2.35. The van der Waals surface area contributed by atoms with E-state index in [1.54, 1.807) is 6.20 Å². The van der Waals surface area contributed by atoms with Crippen LogP contribution in [0.25, 0.3) is 0 Å². The van der Waals surface area contributed by atoms with Gasteiger partial charge in [0, 0.05) is 40.5 Å². The molecule has 0 amide bonds. The van der Waals surface area contributed by atoms with Gasteiger partial charge < -0.3 is 14.5 Å². The van der Waals surface area contributed by atoms with Gasteiger partial charge in [0.25, 0.3) is 0 Å². The van der Waals surface area contributed by atoms with Crippen LogP contribution in [0.3, 0.4) is 0 Å². The summed E-state index contributed by atoms with van der Waals surface area (Å²) in [5, 5.41) is 0. The second kappa shape index (κ2) is 7.81. The predicted octanol–water partition coefficient (Wildman–Crippen LogP) is 3.47. The minimum atomic E-state index is 0.581. The number of pyridine rings is 1. The third kappa shape index (κ3) is 4.72. The van der Waals surface area contributed by atoms with Crippen LogP contribution in [0.1, 0.15) is 16.7 Å². The van der Waals surface area contributed by atoms with Crippen LogP contribution < -0.4 is 4.74 Å². The van der Waals surface area contributed by atoms with Gasteiger partial charge in [-0.25, -0.2) is 9.98 Å². The van der Waals surface area contributed by atoms with Crippen molar-refractivity contribution in [3.8, 4) is 11.6 Å². The second-order valence-electron chi connectivity index (χ2n) is 6.26. The molecular weight excluding hydrogens is 300 g/mol. The van der Waals surface area contributed by atoms with Gasteiger partial charge in [0.2, 0.25) is 5.88 Å². The molecule has 24 heavy (non-hydrogen) atoms. The Morgan fingerprint density at radius 1 is 1.00 bits per heavy atom. The van der Waals surface area contributed by atoms with E-state index in [1.807, 2.05) is 62.3 Å². The van der Waals surface area contributed by atoms with E-state index in [1.165, 1.54) is 11.1 Å². The molecule has 1 aromatic heterocycles. The van der Waals surface area contributed by atoms with Crippen LogP contribution in [0.2, 0.25) is 0 Å². The maximum Gasteiger partial charge on any atom is 0.219 e. The first-order valence-electron chi connectivity index (χ1n) is 7.96. The van der Waals surface area contributed by atoms with Crippen LogP contribution in [-0.4, -0.2) is 48.9 Å². The number of benzene rings is 1. The number of aliphatic imine (C=N–C) groups is 1. The van der Waals surface area contributed by atoms with Crippen molar-refractivity contribution in [3.05, 3.63) is 53.2 Å². The Morgan fingerprint density at radius 3 is 2.33 bits per heavy atom. The summed E-state index contributed by atoms with van der Waals surface area (Å²) in [5.41, 5.74) is 3.51. The number of guanidine groups is 1. The van der Waals surface area contributed by atoms with Crippen LogP contribution >= 0.6 is 0 Å². The van der Waals surface area contributed by atoms with Gasteiger partial charge in [-0.1, -0.05) is 6.07 Å². The minimum Gasteiger partial charge on any atom is -0.439 e. The minimum absolute atomic E-state index is 0.581. The maximum atomic E-state index is 5.88. The number of ether oxygens (including phenoxy) is 1. The smallest absolute Gasteiger partial charge is 0.219 e. The van der Waals surface area contributed by atoms with Crippen LogP contribution in [0.4, 0.5) is 0 Å². The van der Waals surface area contributed by atoms with Crippen LogP contribution in [0.5, 0.6) is 11.6 Å². The van der Waals surface area contributed by atoms with Crippen LogP contribution in [-0.2, 0) is 6.54 Å². The molecular formula is C19H26N4O. The van der Waals surface area contributed by atoms with E-state index in [-0.39, 0.29) is 0 Å². The third-order valence-electron chi connectivity index (χ3n) is 3.70. The molecule has 128 valence electrons. The first kappa shape index (κ1) is 17.8. The van der Waals surface area contributed by atoms with E-state index in [9.17, 15) is 0 Å². The molecule has 0 aliphatic rings. The molecule has 5 nitrogen and oxygen atoms in total. The van der Waals surface area contributed by atoms with Crippen molar-refractivity contribution in [2.45, 2.75) is 20.4 Å². The van der Waals surface area contributed by atoms with E-state index in [0.717, 1.165) is 17.3 Å². The molecule has 0 aliphatic heterocycles. The van der Waals surface area contributed by atoms with Crippen molar-refractivity contribution in [1.82, 2.24) is 14.8 Å². The predicted molar refractivity (Wildman–Crippen MR) is 98.7 cm³/mol. The third-order valence-corrected chi connectivity index (χ3v) is 3.70. The summed E-state index contributed by atoms with van der Waals surface area (Å²) in [6.45, 7) is 4.74. The van der Waals surface area contributed by atoms with Crippen molar-refractivity contribution in [1.29, 1.82) is 0 Å². The summed E-state index contributed by atoms with van der Waals surface area (Å²) in [7, 11) is 7.94. The molecule has 1 aromatic carbocycles. The average molecular weight is 326 g/mol. The van der Waals surface area contributed by atoms with Crippen molar-refractivity contribution in [3.63, 3.8) is 0 Å². The Labute approximate surface area is 144 Å². The van der Waals surface area contributed by atoms with Crippen LogP contribution in [0.15, 0.2) is 41.5 Å². The number of aryl methyl sites for hydroxylation is 2. The number of rotatable bonds is 4. The standard InChI is InChI=1S/C19H26N4O/c1-14-7-8-17(11-15(14)2)24-18-12-16(9-10-20-18)13-21-19(22(3)4)23(5)6/h7-12H,13H2,1-6H3. The van der Waals surface area contributed by atoms with E-state index in [0.29, 0.717) is 12.4 Å². The molecule has 0 saturated carbocycles. The highest BCUT2D eigenvalue weighted by Gasteiger charge is 2.05. The lowest BCUT2D eigenvalue weighted by atomic mass is 10.1. The average Bonchev–Trinajstić information content (AvgIpc) is 2.51. The maximum absolute atomic E-state index is 5.88. The quantitative estimate of drug-likeness (QED) is 0.637. The fourth-order valence-electron chi connectivity index (χ4n) is 2.35. The largest absolute Gasteiger partial charge is 0.439 e. The van der Waals surface area contributed by atoms with E-state index >= 15 is 0 Å². The summed E-state index contributed by atoms with van der Waals surface area (Å²) < 4.78 is 5.88. The molecule has 0 radical (unpaired) electrons. The van der Waals surface area contributed by atoms with Gasteiger partial charge in [-0.3, -0.25) is 0 Å². The molecule has 0 aliphatic carbocycles. The first-order chi connectivity index (χ1) is 11.4. The van der Waals surface area contributed by atoms with Gasteiger partial charge in [0.1, 0.15) is 5.75 Å². The van der Waals surface area contributed by atoms with Crippen molar-refractivity contribution in [2.75, 3.05) is 28.2 Å². The molecule has 0 fully saturated rings. The highest BCUT2D eigenvalue weighted by molar-refractivity contribution is 5.79. The fraction of sp³-hybridized carbons (Fsp3) is 0.368. The second-order valence-corrected chi connectivity index (χ2v) is 6.26. The molecule has 0 saturated heterocycles. The normalized spacial score (nSPS) is 10.2. The Balaban J connectivity index is 2.13. The van der Waals surface area contributed by atoms with E-state index < -0.39 is 0 Å². The molecule has 0 bridgehead atoms. The number of nitrogens with zero attached hydrogens (tertiary/aromatic N) is 4. The first-order valence-corrected chi connectivity index (χ1v) is 7.96. The monoisotopic (exact) mass is 326 g/mol. The summed E-state index contributed by atoms with van der Waals surface area (Å²) in [4.78, 5) is 12.9. The molecule has 5 heteroatoms. The molecule has 0 N–H and O–H groups in total. The number of hydrogen-bond donors (Lipinski definition) is 0. The zero-order chi connectivity index (χ0) is 17.7. The highest BCUT2D eigenvalue weighted by Crippen LogP contribution is 2.22. The molecule has 0 unspecified atom stereocenters. The number of hydrogen-bond acceptors (Lipinski definition) is 3. The Morgan fingerprint density at radius 2 is 1.71 bits per heavy atom. The molecule has 1 heterocycles. The SMILES string of the molecule is Cc1ccc(Oc2cc(CN=C(N(C)C)N(C)C)ccn2)cc1C. The lowest BCUT2D eigenvalue weighted by molar-refractivity contribution is 0.461. The van der Waals surface area contributed by atoms with Gasteiger partial charge in [-0.05, 0) is 48.7 Å². The zero-order valence-electron chi connectivity index (χ0n) is 15.4. The number of aromatic nitrogens is 1. The van der Waals surface area contributed by atoms with Crippen molar-refractivity contribution >= 4 is 5.96 Å². The summed E-state index contributed by atoms with van der Waals surface area (Å²) in [6.07, 6.45) is 1.76. The van der Waals surface area contributed by atoms with E-state index in [4.69, 9.17) is 4.74 Å². The topological polar surface area (TPSA) is 41.0 Å². The Kier molecular flexibility index (Phi) is 5.79. The van der Waals surface area contributed by atoms with Gasteiger partial charge in [-0.15, -0.1) is 0 Å². The lowest BCUT2D eigenvalue weighted by Gasteiger charge is -2.22. The van der Waals surface area contributed by atoms with Crippen LogP contribution in [0, 0.1) is 13.8 Å². The summed E-state index contributed by atoms with van der Waals surface area (Å²) in [6, 6.07) is 9.93. The Bertz CT molecular complexity index is 713.